The summed E-state index contributed by atoms with van der Waals surface area (Å²) in [5.41, 5.74) is 4.16. The summed E-state index contributed by atoms with van der Waals surface area (Å²) in [4.78, 5) is 20.9. The maximum absolute atomic E-state index is 12.2. The van der Waals surface area contributed by atoms with Crippen LogP contribution in [-0.2, 0) is 9.84 Å². The lowest BCUT2D eigenvalue weighted by Crippen LogP contribution is -2.19. The van der Waals surface area contributed by atoms with Crippen LogP contribution < -0.4 is 5.73 Å². The molecule has 0 saturated heterocycles. The Morgan fingerprint density at radius 1 is 1.35 bits per heavy atom. The van der Waals surface area contributed by atoms with Crippen molar-refractivity contribution in [3.63, 3.8) is 0 Å². The first-order valence-electron chi connectivity index (χ1n) is 6.11. The van der Waals surface area contributed by atoms with E-state index < -0.39 is 31.3 Å². The number of unbranched alkanes of at least 4 members (excludes halogenated alkanes) is 2. The number of sulfone groups is 1. The van der Waals surface area contributed by atoms with Gasteiger partial charge >= 0.3 is 0 Å². The van der Waals surface area contributed by atoms with E-state index in [9.17, 15) is 23.3 Å². The number of nitro benzene ring substituents is 1. The largest absolute Gasteiger partial charge is 0.366 e. The monoisotopic (exact) mass is 300 g/mol. The van der Waals surface area contributed by atoms with Gasteiger partial charge in [0.2, 0.25) is 5.91 Å². The molecule has 0 aliphatic rings. The van der Waals surface area contributed by atoms with Crippen molar-refractivity contribution in [1.29, 1.82) is 0 Å². The van der Waals surface area contributed by atoms with Crippen molar-refractivity contribution in [1.82, 2.24) is 0 Å². The van der Waals surface area contributed by atoms with Crippen LogP contribution in [0.4, 0.5) is 5.69 Å². The van der Waals surface area contributed by atoms with E-state index in [4.69, 9.17) is 5.73 Å². The van der Waals surface area contributed by atoms with Crippen LogP contribution in [0.2, 0.25) is 0 Å². The molecule has 0 atom stereocenters. The molecule has 1 aromatic carbocycles. The van der Waals surface area contributed by atoms with Gasteiger partial charge in [0.25, 0.3) is 5.69 Å². The molecule has 0 unspecified atom stereocenters. The minimum Gasteiger partial charge on any atom is -0.366 e. The molecule has 1 aromatic rings. The first-order valence-corrected chi connectivity index (χ1v) is 7.76. The average molecular weight is 300 g/mol. The number of carbonyl (C=O) groups excluding carboxylic acids is 1. The van der Waals surface area contributed by atoms with Crippen LogP contribution in [0.15, 0.2) is 23.1 Å². The summed E-state index contributed by atoms with van der Waals surface area (Å²) in [7, 11) is -3.93. The number of benzene rings is 1. The Morgan fingerprint density at radius 2 is 2.00 bits per heavy atom. The fourth-order valence-corrected chi connectivity index (χ4v) is 3.59. The summed E-state index contributed by atoms with van der Waals surface area (Å²) in [6.07, 6.45) is 1.88. The number of rotatable bonds is 7. The predicted octanol–water partition coefficient (Wildman–Crippen LogP) is 1.66. The van der Waals surface area contributed by atoms with Gasteiger partial charge in [-0.25, -0.2) is 8.42 Å². The number of carbonyl (C=O) groups is 1. The van der Waals surface area contributed by atoms with E-state index in [0.717, 1.165) is 12.5 Å². The van der Waals surface area contributed by atoms with Crippen molar-refractivity contribution in [2.24, 2.45) is 5.73 Å². The van der Waals surface area contributed by atoms with Crippen molar-refractivity contribution >= 4 is 21.4 Å². The van der Waals surface area contributed by atoms with Crippen LogP contribution in [0.3, 0.4) is 0 Å². The van der Waals surface area contributed by atoms with Crippen molar-refractivity contribution < 1.29 is 18.1 Å². The molecule has 2 N–H and O–H groups in total. The van der Waals surface area contributed by atoms with Crippen LogP contribution in [0, 0.1) is 10.1 Å². The SMILES string of the molecule is CCCCCS(=O)(=O)c1c(C(N)=O)cccc1[N+](=O)[O-]. The molecule has 0 aromatic heterocycles. The molecule has 110 valence electrons. The smallest absolute Gasteiger partial charge is 0.288 e. The zero-order chi connectivity index (χ0) is 15.3. The maximum atomic E-state index is 12.2. The molecule has 0 fully saturated rings. The molecule has 0 aliphatic carbocycles. The second kappa shape index (κ2) is 6.47. The van der Waals surface area contributed by atoms with Crippen molar-refractivity contribution in [3.05, 3.63) is 33.9 Å². The highest BCUT2D eigenvalue weighted by molar-refractivity contribution is 7.91. The van der Waals surface area contributed by atoms with E-state index in [1.807, 2.05) is 6.92 Å². The standard InChI is InChI=1S/C12H16N2O5S/c1-2-3-4-8-20(18,19)11-9(12(13)15)6-5-7-10(11)14(16)17/h5-7H,2-4,8H2,1H3,(H2,13,15). The van der Waals surface area contributed by atoms with Gasteiger partial charge in [0.1, 0.15) is 0 Å². The fraction of sp³-hybridized carbons (Fsp3) is 0.417. The van der Waals surface area contributed by atoms with Gasteiger partial charge in [-0.15, -0.1) is 0 Å². The van der Waals surface area contributed by atoms with Gasteiger partial charge in [0.05, 0.1) is 16.2 Å². The molecule has 1 amide bonds. The van der Waals surface area contributed by atoms with Gasteiger partial charge in [0, 0.05) is 6.07 Å². The van der Waals surface area contributed by atoms with Gasteiger partial charge < -0.3 is 5.73 Å². The normalized spacial score (nSPS) is 11.2. The summed E-state index contributed by atoms with van der Waals surface area (Å²) in [6.45, 7) is 1.91. The molecular weight excluding hydrogens is 284 g/mol. The Labute approximate surface area is 116 Å². The van der Waals surface area contributed by atoms with Crippen molar-refractivity contribution in [2.75, 3.05) is 5.75 Å². The zero-order valence-electron chi connectivity index (χ0n) is 11.0. The van der Waals surface area contributed by atoms with Gasteiger partial charge in [0.15, 0.2) is 14.7 Å². The maximum Gasteiger partial charge on any atom is 0.288 e. The van der Waals surface area contributed by atoms with Gasteiger partial charge in [-0.3, -0.25) is 14.9 Å². The minimum atomic E-state index is -3.93. The number of nitrogens with zero attached hydrogens (tertiary/aromatic N) is 1. The lowest BCUT2D eigenvalue weighted by molar-refractivity contribution is -0.387. The average Bonchev–Trinajstić information content (AvgIpc) is 2.37. The third-order valence-electron chi connectivity index (χ3n) is 2.78. The van der Waals surface area contributed by atoms with Crippen LogP contribution >= 0.6 is 0 Å². The Balaban J connectivity index is 3.40. The second-order valence-electron chi connectivity index (χ2n) is 4.30. The third-order valence-corrected chi connectivity index (χ3v) is 4.66. The highest BCUT2D eigenvalue weighted by atomic mass is 32.2. The second-order valence-corrected chi connectivity index (χ2v) is 6.35. The Kier molecular flexibility index (Phi) is 5.20. The lowest BCUT2D eigenvalue weighted by Gasteiger charge is -2.08. The molecule has 0 heterocycles. The quantitative estimate of drug-likeness (QED) is 0.466. The molecule has 0 aliphatic heterocycles. The summed E-state index contributed by atoms with van der Waals surface area (Å²) >= 11 is 0. The van der Waals surface area contributed by atoms with E-state index in [2.05, 4.69) is 0 Å². The predicted molar refractivity (Wildman–Crippen MR) is 73.2 cm³/mol. The van der Waals surface area contributed by atoms with Gasteiger partial charge in [-0.1, -0.05) is 25.8 Å². The molecule has 20 heavy (non-hydrogen) atoms. The first kappa shape index (κ1) is 16.1. The van der Waals surface area contributed by atoms with Crippen molar-refractivity contribution in [2.45, 2.75) is 31.1 Å². The molecular formula is C12H16N2O5S. The minimum absolute atomic E-state index is 0.244. The van der Waals surface area contributed by atoms with E-state index in [1.165, 1.54) is 12.1 Å². The summed E-state index contributed by atoms with van der Waals surface area (Å²) in [6, 6.07) is 3.48. The fourth-order valence-electron chi connectivity index (χ4n) is 1.83. The molecule has 0 spiro atoms. The molecule has 0 radical (unpaired) electrons. The number of nitro groups is 1. The summed E-state index contributed by atoms with van der Waals surface area (Å²) in [5, 5.41) is 11.0. The summed E-state index contributed by atoms with van der Waals surface area (Å²) < 4.78 is 24.5. The molecule has 8 heteroatoms. The molecule has 0 saturated carbocycles. The zero-order valence-corrected chi connectivity index (χ0v) is 11.9. The van der Waals surface area contributed by atoms with Gasteiger partial charge in [-0.2, -0.15) is 0 Å². The van der Waals surface area contributed by atoms with Gasteiger partial charge in [-0.05, 0) is 12.5 Å². The van der Waals surface area contributed by atoms with E-state index in [-0.39, 0.29) is 11.3 Å². The lowest BCUT2D eigenvalue weighted by atomic mass is 10.2. The third kappa shape index (κ3) is 3.53. The van der Waals surface area contributed by atoms with Crippen LogP contribution in [0.25, 0.3) is 0 Å². The number of nitrogens with two attached hydrogens (primary N) is 1. The Morgan fingerprint density at radius 3 is 2.50 bits per heavy atom. The molecule has 0 bridgehead atoms. The number of hydrogen-bond donors (Lipinski definition) is 1. The number of hydrogen-bond acceptors (Lipinski definition) is 5. The van der Waals surface area contributed by atoms with Crippen LogP contribution in [0.5, 0.6) is 0 Å². The van der Waals surface area contributed by atoms with Crippen LogP contribution in [-0.4, -0.2) is 25.0 Å². The van der Waals surface area contributed by atoms with E-state index >= 15 is 0 Å². The first-order chi connectivity index (χ1) is 9.31. The van der Waals surface area contributed by atoms with Crippen molar-refractivity contribution in [3.8, 4) is 0 Å². The highest BCUT2D eigenvalue weighted by Crippen LogP contribution is 2.28. The Bertz CT molecular complexity index is 592. The number of primary amides is 1. The number of amides is 1. The molecule has 1 rings (SSSR count). The topological polar surface area (TPSA) is 120 Å². The summed E-state index contributed by atoms with van der Waals surface area (Å²) in [5.74, 6) is -1.24. The molecule has 7 nitrogen and oxygen atoms in total. The Hall–Kier alpha value is -1.96. The van der Waals surface area contributed by atoms with E-state index in [1.54, 1.807) is 0 Å². The highest BCUT2D eigenvalue weighted by Gasteiger charge is 2.30. The van der Waals surface area contributed by atoms with E-state index in [0.29, 0.717) is 12.8 Å². The van der Waals surface area contributed by atoms with Crippen LogP contribution in [0.1, 0.15) is 36.5 Å².